The normalized spacial score (nSPS) is 11.1. The lowest BCUT2D eigenvalue weighted by molar-refractivity contribution is 0.620. The highest BCUT2D eigenvalue weighted by Crippen LogP contribution is 2.44. The Bertz CT molecular complexity index is 4530. The number of para-hydroxylation sites is 2. The summed E-state index contributed by atoms with van der Waals surface area (Å²) in [5, 5.41) is 5.00. The van der Waals surface area contributed by atoms with Crippen LogP contribution in [0.1, 0.15) is 0 Å². The summed E-state index contributed by atoms with van der Waals surface area (Å²) < 4.78 is 5.92. The van der Waals surface area contributed by atoms with Gasteiger partial charge < -0.3 is 4.42 Å². The zero-order chi connectivity index (χ0) is 55.3. The predicted octanol–water partition coefficient (Wildman–Crippen LogP) is 18.9. The van der Waals surface area contributed by atoms with Crippen molar-refractivity contribution in [3.8, 4) is 113 Å². The lowest BCUT2D eigenvalue weighted by Crippen LogP contribution is -1.94. The molecule has 83 heavy (non-hydrogen) atoms. The molecule has 0 unspecified atom stereocenters. The zero-order valence-electron chi connectivity index (χ0n) is 44.8. The molecule has 0 aliphatic carbocycles. The van der Waals surface area contributed by atoms with E-state index in [0.717, 1.165) is 95.6 Å². The fourth-order valence-corrected chi connectivity index (χ4v) is 10.8. The Balaban J connectivity index is 0.000000149. The van der Waals surface area contributed by atoms with Crippen LogP contribution in [0.3, 0.4) is 0 Å². The molecule has 0 aliphatic heterocycles. The van der Waals surface area contributed by atoms with E-state index in [1.54, 1.807) is 24.8 Å². The standard InChI is InChI=1S/C41H27N3.C34H22N4O/c1-2-12-29(13-3-1)40-32-14-4-6-16-34(32)41(35-17-7-5-15-33(35)40)30-22-20-28(21-23-30)31-26-38(36-18-8-10-24-42-36)44-39(27-31)37-19-9-11-25-43-37;1-2-10-33-30(9-1)38-34(39-33)26-17-15-24(16-18-26)23-11-13-25(14-12-23)27-21-31(28-7-3-5-19-35-28)37-32(22-27)29-8-4-6-20-36-29/h1-27H;1-22H. The fourth-order valence-electron chi connectivity index (χ4n) is 10.8. The van der Waals surface area contributed by atoms with E-state index in [1.807, 2.05) is 97.1 Å². The van der Waals surface area contributed by atoms with E-state index in [2.05, 4.69) is 201 Å². The Morgan fingerprint density at radius 1 is 0.217 bits per heavy atom. The maximum absolute atomic E-state index is 5.92. The molecule has 7 aromatic heterocycles. The van der Waals surface area contributed by atoms with Crippen molar-refractivity contribution in [1.82, 2.24) is 34.9 Å². The van der Waals surface area contributed by atoms with E-state index in [0.29, 0.717) is 5.89 Å². The van der Waals surface area contributed by atoms with Crippen molar-refractivity contribution < 1.29 is 4.42 Å². The average Bonchev–Trinajstić information content (AvgIpc) is 4.09. The predicted molar refractivity (Wildman–Crippen MR) is 337 cm³/mol. The van der Waals surface area contributed by atoms with Crippen molar-refractivity contribution in [1.29, 1.82) is 0 Å². The number of benzene rings is 8. The van der Waals surface area contributed by atoms with E-state index in [-0.39, 0.29) is 0 Å². The maximum Gasteiger partial charge on any atom is 0.227 e. The second-order valence-electron chi connectivity index (χ2n) is 20.0. The monoisotopic (exact) mass is 1060 g/mol. The molecule has 0 radical (unpaired) electrons. The van der Waals surface area contributed by atoms with Gasteiger partial charge in [-0.25, -0.2) is 15.0 Å². The van der Waals surface area contributed by atoms with E-state index in [1.165, 1.54) is 43.8 Å². The van der Waals surface area contributed by atoms with Gasteiger partial charge >= 0.3 is 0 Å². The Labute approximate surface area is 479 Å². The van der Waals surface area contributed by atoms with Gasteiger partial charge in [-0.05, 0) is 174 Å². The van der Waals surface area contributed by atoms with E-state index in [4.69, 9.17) is 14.4 Å². The molecule has 0 fully saturated rings. The van der Waals surface area contributed by atoms with Gasteiger partial charge in [0.25, 0.3) is 0 Å². The highest BCUT2D eigenvalue weighted by Gasteiger charge is 2.18. The Morgan fingerprint density at radius 2 is 0.530 bits per heavy atom. The van der Waals surface area contributed by atoms with Gasteiger partial charge in [-0.1, -0.05) is 176 Å². The van der Waals surface area contributed by atoms with Crippen LogP contribution in [0.2, 0.25) is 0 Å². The SMILES string of the molecule is c1ccc(-c2c3ccccc3c(-c3ccc(-c4cc(-c5ccccn5)nc(-c5ccccn5)c4)cc3)c3ccccc23)cc1.c1ccc(-c2cc(-c3ccc(-c4ccc(-c5nc6ccccc6o5)cc4)cc3)cc(-c3ccccn3)n2)nc1. The van der Waals surface area contributed by atoms with E-state index in [9.17, 15) is 0 Å². The first-order valence-corrected chi connectivity index (χ1v) is 27.5. The van der Waals surface area contributed by atoms with Gasteiger partial charge in [0.05, 0.1) is 45.6 Å². The molecular formula is C75H49N7O. The third-order valence-electron chi connectivity index (χ3n) is 14.8. The van der Waals surface area contributed by atoms with Crippen LogP contribution in [0, 0.1) is 0 Å². The zero-order valence-corrected chi connectivity index (χ0v) is 44.8. The van der Waals surface area contributed by atoms with Crippen LogP contribution < -0.4 is 0 Å². The van der Waals surface area contributed by atoms with Gasteiger partial charge in [-0.3, -0.25) is 19.9 Å². The Morgan fingerprint density at radius 3 is 0.904 bits per heavy atom. The Hall–Kier alpha value is -11.4. The molecule has 390 valence electrons. The highest BCUT2D eigenvalue weighted by atomic mass is 16.3. The molecule has 7 heterocycles. The Kier molecular flexibility index (Phi) is 13.5. The second kappa shape index (κ2) is 22.4. The number of oxazole rings is 1. The molecule has 8 nitrogen and oxygen atoms in total. The molecule has 8 aromatic carbocycles. The minimum Gasteiger partial charge on any atom is -0.436 e. The number of aromatic nitrogens is 7. The first-order valence-electron chi connectivity index (χ1n) is 27.5. The average molecular weight is 1060 g/mol. The molecule has 0 N–H and O–H groups in total. The minimum absolute atomic E-state index is 0.628. The molecule has 0 amide bonds. The van der Waals surface area contributed by atoms with Crippen LogP contribution >= 0.6 is 0 Å². The quantitative estimate of drug-likeness (QED) is 0.125. The van der Waals surface area contributed by atoms with E-state index < -0.39 is 0 Å². The highest BCUT2D eigenvalue weighted by molar-refractivity contribution is 6.21. The number of nitrogens with zero attached hydrogens (tertiary/aromatic N) is 7. The van der Waals surface area contributed by atoms with Gasteiger partial charge in [0.1, 0.15) is 5.52 Å². The number of hydrogen-bond acceptors (Lipinski definition) is 8. The van der Waals surface area contributed by atoms with Crippen LogP contribution in [0.4, 0.5) is 0 Å². The van der Waals surface area contributed by atoms with Gasteiger partial charge in [-0.2, -0.15) is 0 Å². The fraction of sp³-hybridized carbons (Fsp3) is 0. The van der Waals surface area contributed by atoms with Crippen molar-refractivity contribution in [2.45, 2.75) is 0 Å². The summed E-state index contributed by atoms with van der Waals surface area (Å²) in [4.78, 5) is 32.6. The summed E-state index contributed by atoms with van der Waals surface area (Å²) in [7, 11) is 0. The van der Waals surface area contributed by atoms with Crippen LogP contribution in [0.15, 0.2) is 302 Å². The summed E-state index contributed by atoms with van der Waals surface area (Å²) >= 11 is 0. The van der Waals surface area contributed by atoms with Crippen LogP contribution in [0.25, 0.3) is 145 Å². The van der Waals surface area contributed by atoms with Crippen molar-refractivity contribution >= 4 is 32.6 Å². The topological polar surface area (TPSA) is 103 Å². The van der Waals surface area contributed by atoms with Crippen molar-refractivity contribution in [3.63, 3.8) is 0 Å². The second-order valence-corrected chi connectivity index (χ2v) is 20.0. The number of pyridine rings is 6. The lowest BCUT2D eigenvalue weighted by Gasteiger charge is -2.18. The van der Waals surface area contributed by atoms with E-state index >= 15 is 0 Å². The molecule has 0 aliphatic rings. The van der Waals surface area contributed by atoms with Crippen LogP contribution in [0.5, 0.6) is 0 Å². The molecule has 0 bridgehead atoms. The first-order chi connectivity index (χ1) is 41.1. The third kappa shape index (κ3) is 10.3. The summed E-state index contributed by atoms with van der Waals surface area (Å²) in [5.74, 6) is 0.628. The van der Waals surface area contributed by atoms with Gasteiger partial charge in [-0.15, -0.1) is 0 Å². The molecule has 0 saturated carbocycles. The molecule has 15 rings (SSSR count). The largest absolute Gasteiger partial charge is 0.436 e. The third-order valence-corrected chi connectivity index (χ3v) is 14.8. The van der Waals surface area contributed by atoms with Gasteiger partial charge in [0.15, 0.2) is 5.58 Å². The number of fused-ring (bicyclic) bond motifs is 3. The number of hydrogen-bond donors (Lipinski definition) is 0. The first kappa shape index (κ1) is 49.9. The minimum atomic E-state index is 0.628. The summed E-state index contributed by atoms with van der Waals surface area (Å²) in [6.45, 7) is 0. The van der Waals surface area contributed by atoms with Crippen LogP contribution in [-0.4, -0.2) is 34.9 Å². The molecule has 0 atom stereocenters. The van der Waals surface area contributed by atoms with Gasteiger partial charge in [0, 0.05) is 30.4 Å². The lowest BCUT2D eigenvalue weighted by atomic mass is 9.86. The molecule has 8 heteroatoms. The molecule has 15 aromatic rings. The maximum atomic E-state index is 5.92. The summed E-state index contributed by atoms with van der Waals surface area (Å²) in [5.41, 5.74) is 20.7. The molecule has 0 spiro atoms. The van der Waals surface area contributed by atoms with Crippen molar-refractivity contribution in [3.05, 3.63) is 298 Å². The number of rotatable bonds is 10. The molecule has 0 saturated heterocycles. The summed E-state index contributed by atoms with van der Waals surface area (Å²) in [6.07, 6.45) is 7.18. The summed E-state index contributed by atoms with van der Waals surface area (Å²) in [6, 6.07) is 93.8. The van der Waals surface area contributed by atoms with Crippen molar-refractivity contribution in [2.75, 3.05) is 0 Å². The van der Waals surface area contributed by atoms with Gasteiger partial charge in [0.2, 0.25) is 5.89 Å². The molecular weight excluding hydrogens is 1010 g/mol. The smallest absolute Gasteiger partial charge is 0.227 e. The van der Waals surface area contributed by atoms with Crippen molar-refractivity contribution in [2.24, 2.45) is 0 Å². The van der Waals surface area contributed by atoms with Crippen LogP contribution in [-0.2, 0) is 0 Å².